The summed E-state index contributed by atoms with van der Waals surface area (Å²) in [5, 5.41) is 3.70. The van der Waals surface area contributed by atoms with Gasteiger partial charge in [-0.2, -0.15) is 0 Å². The summed E-state index contributed by atoms with van der Waals surface area (Å²) in [6.07, 6.45) is 14.3. The highest BCUT2D eigenvalue weighted by atomic mass is 16.5. The first kappa shape index (κ1) is 14.3. The second-order valence-corrected chi connectivity index (χ2v) is 6.40. The lowest BCUT2D eigenvalue weighted by atomic mass is 9.98. The van der Waals surface area contributed by atoms with Crippen molar-refractivity contribution in [3.63, 3.8) is 0 Å². The van der Waals surface area contributed by atoms with Gasteiger partial charge >= 0.3 is 0 Å². The Morgan fingerprint density at radius 3 is 2.56 bits per heavy atom. The number of ether oxygens (including phenoxy) is 1. The van der Waals surface area contributed by atoms with Crippen LogP contribution in [0, 0.1) is 5.92 Å². The Balaban J connectivity index is 1.51. The summed E-state index contributed by atoms with van der Waals surface area (Å²) in [7, 11) is 0. The molecule has 106 valence electrons. The van der Waals surface area contributed by atoms with Gasteiger partial charge in [0.05, 0.1) is 12.7 Å². The van der Waals surface area contributed by atoms with Crippen molar-refractivity contribution in [1.29, 1.82) is 0 Å². The van der Waals surface area contributed by atoms with E-state index in [1.165, 1.54) is 64.2 Å². The average Bonchev–Trinajstić information content (AvgIpc) is 2.61. The van der Waals surface area contributed by atoms with E-state index in [1.807, 2.05) is 0 Å². The van der Waals surface area contributed by atoms with Crippen molar-refractivity contribution in [2.24, 2.45) is 5.92 Å². The minimum absolute atomic E-state index is 0.565. The van der Waals surface area contributed by atoms with Gasteiger partial charge in [0.15, 0.2) is 0 Å². The zero-order valence-corrected chi connectivity index (χ0v) is 12.1. The lowest BCUT2D eigenvalue weighted by Crippen LogP contribution is -2.32. The SMILES string of the molecule is CC1CCCC(NCCOC2CCCCC2)CC1. The van der Waals surface area contributed by atoms with Crippen LogP contribution in [0.3, 0.4) is 0 Å². The van der Waals surface area contributed by atoms with Crippen molar-refractivity contribution in [3.05, 3.63) is 0 Å². The molecular formula is C16H31NO. The molecule has 2 atom stereocenters. The summed E-state index contributed by atoms with van der Waals surface area (Å²) in [6.45, 7) is 4.36. The third-order valence-electron chi connectivity index (χ3n) is 4.70. The Morgan fingerprint density at radius 1 is 0.889 bits per heavy atom. The third kappa shape index (κ3) is 5.27. The molecule has 18 heavy (non-hydrogen) atoms. The van der Waals surface area contributed by atoms with Gasteiger partial charge < -0.3 is 10.1 Å². The highest BCUT2D eigenvalue weighted by molar-refractivity contribution is 4.73. The van der Waals surface area contributed by atoms with Crippen LogP contribution in [-0.2, 0) is 4.74 Å². The summed E-state index contributed by atoms with van der Waals surface area (Å²) in [4.78, 5) is 0. The van der Waals surface area contributed by atoms with Crippen molar-refractivity contribution in [2.45, 2.75) is 83.3 Å². The van der Waals surface area contributed by atoms with Crippen LogP contribution in [0.2, 0.25) is 0 Å². The van der Waals surface area contributed by atoms with Crippen molar-refractivity contribution in [2.75, 3.05) is 13.2 Å². The van der Waals surface area contributed by atoms with E-state index >= 15 is 0 Å². The van der Waals surface area contributed by atoms with Crippen LogP contribution < -0.4 is 5.32 Å². The second-order valence-electron chi connectivity index (χ2n) is 6.40. The lowest BCUT2D eigenvalue weighted by Gasteiger charge is -2.23. The molecule has 0 bridgehead atoms. The highest BCUT2D eigenvalue weighted by Gasteiger charge is 2.16. The molecule has 2 nitrogen and oxygen atoms in total. The van der Waals surface area contributed by atoms with Crippen LogP contribution in [0.1, 0.15) is 71.1 Å². The maximum atomic E-state index is 5.96. The molecule has 2 fully saturated rings. The van der Waals surface area contributed by atoms with Gasteiger partial charge in [0.25, 0.3) is 0 Å². The van der Waals surface area contributed by atoms with E-state index in [1.54, 1.807) is 0 Å². The first-order valence-electron chi connectivity index (χ1n) is 8.19. The van der Waals surface area contributed by atoms with E-state index in [2.05, 4.69) is 12.2 Å². The molecule has 0 heterocycles. The predicted octanol–water partition coefficient (Wildman–Crippen LogP) is 3.89. The second kappa shape index (κ2) is 8.16. The number of hydrogen-bond donors (Lipinski definition) is 1. The standard InChI is InChI=1S/C16H31NO/c1-14-6-5-7-15(11-10-14)17-12-13-18-16-8-3-2-4-9-16/h14-17H,2-13H2,1H3. The summed E-state index contributed by atoms with van der Waals surface area (Å²) in [5.41, 5.74) is 0. The van der Waals surface area contributed by atoms with E-state index in [9.17, 15) is 0 Å². The molecule has 0 aliphatic heterocycles. The molecule has 1 N–H and O–H groups in total. The van der Waals surface area contributed by atoms with E-state index in [0.717, 1.165) is 25.1 Å². The molecular weight excluding hydrogens is 222 g/mol. The molecule has 2 rings (SSSR count). The van der Waals surface area contributed by atoms with Crippen LogP contribution in [0.15, 0.2) is 0 Å². The van der Waals surface area contributed by atoms with E-state index in [-0.39, 0.29) is 0 Å². The maximum absolute atomic E-state index is 5.96. The highest BCUT2D eigenvalue weighted by Crippen LogP contribution is 2.22. The largest absolute Gasteiger partial charge is 0.377 e. The fourth-order valence-electron chi connectivity index (χ4n) is 3.41. The monoisotopic (exact) mass is 253 g/mol. The summed E-state index contributed by atoms with van der Waals surface area (Å²) < 4.78 is 5.96. The molecule has 2 heteroatoms. The van der Waals surface area contributed by atoms with Crippen LogP contribution >= 0.6 is 0 Å². The predicted molar refractivity (Wildman–Crippen MR) is 76.9 cm³/mol. The summed E-state index contributed by atoms with van der Waals surface area (Å²) in [5.74, 6) is 0.940. The van der Waals surface area contributed by atoms with Crippen molar-refractivity contribution in [3.8, 4) is 0 Å². The molecule has 2 aliphatic carbocycles. The average molecular weight is 253 g/mol. The number of rotatable bonds is 5. The molecule has 2 unspecified atom stereocenters. The van der Waals surface area contributed by atoms with Gasteiger partial charge in [0, 0.05) is 12.6 Å². The van der Waals surface area contributed by atoms with Gasteiger partial charge in [0.1, 0.15) is 0 Å². The molecule has 2 aliphatic rings. The van der Waals surface area contributed by atoms with Crippen LogP contribution in [0.25, 0.3) is 0 Å². The Labute approximate surface area is 113 Å². The molecule has 0 aromatic heterocycles. The van der Waals surface area contributed by atoms with Gasteiger partial charge in [-0.1, -0.05) is 39.0 Å². The van der Waals surface area contributed by atoms with E-state index in [0.29, 0.717) is 6.10 Å². The van der Waals surface area contributed by atoms with Crippen LogP contribution in [0.5, 0.6) is 0 Å². The van der Waals surface area contributed by atoms with E-state index in [4.69, 9.17) is 4.74 Å². The Morgan fingerprint density at radius 2 is 1.72 bits per heavy atom. The third-order valence-corrected chi connectivity index (χ3v) is 4.70. The molecule has 0 radical (unpaired) electrons. The summed E-state index contributed by atoms with van der Waals surface area (Å²) >= 11 is 0. The Hall–Kier alpha value is -0.0800. The fourth-order valence-corrected chi connectivity index (χ4v) is 3.41. The van der Waals surface area contributed by atoms with Crippen molar-refractivity contribution < 1.29 is 4.74 Å². The first-order valence-corrected chi connectivity index (χ1v) is 8.19. The Kier molecular flexibility index (Phi) is 6.50. The molecule has 0 saturated heterocycles. The topological polar surface area (TPSA) is 21.3 Å². The molecule has 0 aromatic rings. The molecule has 2 saturated carbocycles. The maximum Gasteiger partial charge on any atom is 0.0594 e. The van der Waals surface area contributed by atoms with Gasteiger partial charge in [-0.05, 0) is 38.0 Å². The normalized spacial score (nSPS) is 31.2. The molecule has 0 spiro atoms. The van der Waals surface area contributed by atoms with E-state index < -0.39 is 0 Å². The molecule has 0 amide bonds. The number of nitrogens with one attached hydrogen (secondary N) is 1. The van der Waals surface area contributed by atoms with Gasteiger partial charge in [-0.15, -0.1) is 0 Å². The lowest BCUT2D eigenvalue weighted by molar-refractivity contribution is 0.0292. The number of hydrogen-bond acceptors (Lipinski definition) is 2. The zero-order chi connectivity index (χ0) is 12.6. The minimum Gasteiger partial charge on any atom is -0.377 e. The quantitative estimate of drug-likeness (QED) is 0.593. The fraction of sp³-hybridized carbons (Fsp3) is 1.00. The first-order chi connectivity index (χ1) is 8.84. The molecule has 0 aromatic carbocycles. The van der Waals surface area contributed by atoms with Gasteiger partial charge in [0.2, 0.25) is 0 Å². The smallest absolute Gasteiger partial charge is 0.0594 e. The zero-order valence-electron chi connectivity index (χ0n) is 12.1. The Bertz CT molecular complexity index is 213. The van der Waals surface area contributed by atoms with Crippen molar-refractivity contribution in [1.82, 2.24) is 5.32 Å². The minimum atomic E-state index is 0.565. The summed E-state index contributed by atoms with van der Waals surface area (Å²) in [6, 6.07) is 0.755. The van der Waals surface area contributed by atoms with Crippen molar-refractivity contribution >= 4 is 0 Å². The van der Waals surface area contributed by atoms with Gasteiger partial charge in [-0.25, -0.2) is 0 Å². The van der Waals surface area contributed by atoms with Crippen LogP contribution in [0.4, 0.5) is 0 Å². The van der Waals surface area contributed by atoms with Crippen LogP contribution in [-0.4, -0.2) is 25.3 Å². The van der Waals surface area contributed by atoms with Gasteiger partial charge in [-0.3, -0.25) is 0 Å².